The minimum absolute atomic E-state index is 0.0708. The van der Waals surface area contributed by atoms with Gasteiger partial charge in [-0.05, 0) is 128 Å². The highest BCUT2D eigenvalue weighted by atomic mass is 19.4. The van der Waals surface area contributed by atoms with E-state index in [2.05, 4.69) is 128 Å². The Balaban J connectivity index is 0.000000163. The molecular weight excluding hydrogens is 1730 g/mol. The fraction of sp³-hybridized carbons (Fsp3) is 0.523. The van der Waals surface area contributed by atoms with Crippen molar-refractivity contribution in [2.75, 3.05) is 56.4 Å². The molecule has 0 aromatic heterocycles. The van der Waals surface area contributed by atoms with E-state index in [1.54, 1.807) is 48.5 Å². The van der Waals surface area contributed by atoms with Crippen molar-refractivity contribution in [2.24, 2.45) is 107 Å². The van der Waals surface area contributed by atoms with Crippen LogP contribution in [0.1, 0.15) is 204 Å². The number of imide groups is 8. The Labute approximate surface area is 799 Å². The summed E-state index contributed by atoms with van der Waals surface area (Å²) in [5, 5.41) is 0. The van der Waals surface area contributed by atoms with E-state index in [9.17, 15) is 89.9 Å². The summed E-state index contributed by atoms with van der Waals surface area (Å²) in [6.45, 7) is 28.1. The monoisotopic (exact) mass is 1870 g/mol. The van der Waals surface area contributed by atoms with E-state index in [-0.39, 0.29) is 195 Å². The highest BCUT2D eigenvalue weighted by Crippen LogP contribution is 2.58. The zero-order chi connectivity index (χ0) is 101. The van der Waals surface area contributed by atoms with Crippen LogP contribution in [0.4, 0.5) is 13.2 Å². The number of alkyl halides is 3. The lowest BCUT2D eigenvalue weighted by atomic mass is 9.54. The molecule has 730 valence electrons. The van der Waals surface area contributed by atoms with Gasteiger partial charge in [0.25, 0.3) is 0 Å². The fourth-order valence-electron chi connectivity index (χ4n) is 21.7. The number of halogens is 3. The van der Waals surface area contributed by atoms with Crippen LogP contribution in [0.15, 0.2) is 168 Å². The number of rotatable bonds is 15. The van der Waals surface area contributed by atoms with Crippen LogP contribution in [-0.4, -0.2) is 196 Å². The number of nitrogens with zero attached hydrogens (tertiary/aromatic N) is 8. The van der Waals surface area contributed by atoms with Gasteiger partial charge in [0.05, 0.1) is 76.9 Å². The largest absolute Gasteiger partial charge is 0.402 e. The molecule has 8 aliphatic heterocycles. The molecular formula is C109H137F3N8O16. The molecule has 16 unspecified atom stereocenters. The quantitative estimate of drug-likeness (QED) is 0.0462. The first kappa shape index (κ1) is 106. The molecule has 27 heteroatoms. The summed E-state index contributed by atoms with van der Waals surface area (Å²) in [7, 11) is 11.9. The van der Waals surface area contributed by atoms with Crippen molar-refractivity contribution in [2.45, 2.75) is 204 Å². The van der Waals surface area contributed by atoms with Gasteiger partial charge < -0.3 is 0 Å². The Hall–Kier alpha value is -11.8. The van der Waals surface area contributed by atoms with Crippen molar-refractivity contribution in [3.05, 3.63) is 213 Å². The molecule has 136 heavy (non-hydrogen) atoms. The Bertz CT molecular complexity index is 5000. The standard InChI is InChI=1S/C17H17F3.C17H20.3C15H18N2O4.C14H14N2O4.C8H18.C8H14/c1-12-4-8-14(9-5-12)16(3,17(18,19)20)15-10-6-13(2)7-11-15;1-13-5-9-15(10-6-13)17(3,4)16-11-7-14(2)8-12-16;3*1-7-4-8(9-6-11(18)16(2)13(9)19)5-10-12(7)15(21)17(3)14(10)20;1-15-11(17)7-5-3-4-6(8(7)12(15)18)10-9(5)13(19)16(2)14(10)20;2*1-3-5-7-8-6-4-2/h4-11H,1-3H3;5-12H,1-4H3;3*4,8-10,12H,5-6H2,1-3H3;3-10H,1-2H3;3-8H2,1-2H3;5-8H,3-4H2,1-2H3/b;;;;;;;7-5+,8-6+. The fourth-order valence-corrected chi connectivity index (χ4v) is 21.7. The van der Waals surface area contributed by atoms with E-state index in [0.29, 0.717) is 19.3 Å². The second-order valence-electron chi connectivity index (χ2n) is 39.6. The summed E-state index contributed by atoms with van der Waals surface area (Å²) in [6.07, 6.45) is 26.3. The third kappa shape index (κ3) is 21.6. The van der Waals surface area contributed by atoms with Gasteiger partial charge in [-0.25, -0.2) is 0 Å². The first-order valence-corrected chi connectivity index (χ1v) is 47.9. The van der Waals surface area contributed by atoms with Crippen molar-refractivity contribution in [3.8, 4) is 0 Å². The van der Waals surface area contributed by atoms with Gasteiger partial charge in [0.1, 0.15) is 5.41 Å². The van der Waals surface area contributed by atoms with Crippen molar-refractivity contribution >= 4 is 94.5 Å². The van der Waals surface area contributed by atoms with E-state index in [1.807, 2.05) is 65.0 Å². The Morgan fingerprint density at radius 3 is 0.743 bits per heavy atom. The lowest BCUT2D eigenvalue weighted by molar-refractivity contribution is -0.173. The molecule has 4 aromatic rings. The summed E-state index contributed by atoms with van der Waals surface area (Å²) in [5.41, 5.74) is 8.39. The first-order valence-electron chi connectivity index (χ1n) is 47.9. The lowest BCUT2D eigenvalue weighted by Crippen LogP contribution is -2.50. The molecule has 16 atom stereocenters. The van der Waals surface area contributed by atoms with Gasteiger partial charge in [-0.1, -0.05) is 271 Å². The number of unbranched alkanes of at least 4 members (excludes halogenated alkanes) is 5. The third-order valence-corrected chi connectivity index (χ3v) is 30.4. The van der Waals surface area contributed by atoms with Crippen LogP contribution < -0.4 is 0 Å². The summed E-state index contributed by atoms with van der Waals surface area (Å²) < 4.78 is 41.0. The highest BCUT2D eigenvalue weighted by molar-refractivity contribution is 6.12. The topological polar surface area (TPSA) is 299 Å². The maximum atomic E-state index is 13.7. The Morgan fingerprint density at radius 1 is 0.301 bits per heavy atom. The molecule has 8 heterocycles. The molecule has 2 bridgehead atoms. The van der Waals surface area contributed by atoms with E-state index in [0.717, 1.165) is 65.2 Å². The lowest BCUT2D eigenvalue weighted by Gasteiger charge is -2.44. The average molecular weight is 1870 g/mol. The number of aryl methyl sites for hydroxylation is 4. The van der Waals surface area contributed by atoms with E-state index in [1.165, 1.54) is 139 Å². The summed E-state index contributed by atoms with van der Waals surface area (Å²) in [6, 6.07) is 30.8. The van der Waals surface area contributed by atoms with Gasteiger partial charge in [0.15, 0.2) is 0 Å². The minimum Gasteiger partial charge on any atom is -0.285 e. The number of hydrogen-bond donors (Lipinski definition) is 0. The molecule has 24 nitrogen and oxygen atoms in total. The average Bonchev–Trinajstić information content (AvgIpc) is 1.54. The van der Waals surface area contributed by atoms with Crippen LogP contribution in [0, 0.1) is 134 Å². The van der Waals surface area contributed by atoms with E-state index in [4.69, 9.17) is 0 Å². The number of benzene rings is 4. The normalized spacial score (nSPS) is 28.1. The second-order valence-corrected chi connectivity index (χ2v) is 39.6. The zero-order valence-corrected chi connectivity index (χ0v) is 83.0. The third-order valence-electron chi connectivity index (χ3n) is 30.4. The molecule has 0 radical (unpaired) electrons. The Morgan fingerprint density at radius 2 is 0.529 bits per heavy atom. The van der Waals surface area contributed by atoms with Crippen molar-refractivity contribution in [1.29, 1.82) is 0 Å². The van der Waals surface area contributed by atoms with Crippen LogP contribution in [0.2, 0.25) is 0 Å². The van der Waals surface area contributed by atoms with Gasteiger partial charge in [0.2, 0.25) is 94.5 Å². The molecule has 14 aliphatic rings. The van der Waals surface area contributed by atoms with Gasteiger partial charge in [-0.3, -0.25) is 116 Å². The number of amides is 16. The molecule has 16 amide bonds. The molecule has 6 aliphatic carbocycles. The van der Waals surface area contributed by atoms with Gasteiger partial charge in [-0.15, -0.1) is 0 Å². The van der Waals surface area contributed by atoms with Crippen LogP contribution in [-0.2, 0) is 87.5 Å². The molecule has 0 N–H and O–H groups in total. The van der Waals surface area contributed by atoms with Crippen LogP contribution in [0.3, 0.4) is 0 Å². The van der Waals surface area contributed by atoms with Crippen LogP contribution in [0.25, 0.3) is 0 Å². The SMILES string of the molecule is CC/C=C/C=C/CC.CC1=CC(C2CC(=O)N(C)C2=O)CC2C(=O)N(C)C(=O)C12.CC1=CC(C2CC(=O)N(C)C2=O)CC2C(=O)N(C)C(=O)C12.CC1=CC(C2CC(=O)N(C)C2=O)CC2C(=O)N(C)C(=O)C12.CCCCCCCC.CN1C(=O)C2C3C=CC(C2C1=O)C1C(=O)N(C)C(=O)C31.Cc1ccc(C(C)(C)c2ccc(C)cc2)cc1.Cc1ccc(C(C)(c2ccc(C)cc2)C(F)(F)F)cc1. The maximum absolute atomic E-state index is 13.7. The number of carbonyl (C=O) groups is 16. The van der Waals surface area contributed by atoms with Gasteiger partial charge >= 0.3 is 6.18 Å². The number of carbonyl (C=O) groups excluding carboxylic acids is 16. The smallest absolute Gasteiger partial charge is 0.285 e. The number of hydrogen-bond acceptors (Lipinski definition) is 16. The Kier molecular flexibility index (Phi) is 34.5. The molecule has 8 saturated heterocycles. The summed E-state index contributed by atoms with van der Waals surface area (Å²) >= 11 is 0. The number of fused-ring (bicyclic) bond motifs is 3. The number of likely N-dealkylation sites (tertiary alicyclic amines) is 8. The number of allylic oxidation sites excluding steroid dienone is 9. The molecule has 0 spiro atoms. The minimum atomic E-state index is -4.35. The second kappa shape index (κ2) is 44.1. The van der Waals surface area contributed by atoms with Gasteiger partial charge in [-0.2, -0.15) is 13.2 Å². The first-order chi connectivity index (χ1) is 64.0. The predicted octanol–water partition coefficient (Wildman–Crippen LogP) is 15.9. The highest BCUT2D eigenvalue weighted by Gasteiger charge is 2.68. The molecule has 18 rings (SSSR count). The maximum Gasteiger partial charge on any atom is 0.402 e. The van der Waals surface area contributed by atoms with Crippen molar-refractivity contribution < 1.29 is 89.9 Å². The molecule has 1 saturated carbocycles. The van der Waals surface area contributed by atoms with Crippen molar-refractivity contribution in [1.82, 2.24) is 39.2 Å². The van der Waals surface area contributed by atoms with E-state index >= 15 is 0 Å². The van der Waals surface area contributed by atoms with Crippen molar-refractivity contribution in [3.63, 3.8) is 0 Å². The summed E-state index contributed by atoms with van der Waals surface area (Å²) in [4.78, 5) is 203. The van der Waals surface area contributed by atoms with Crippen LogP contribution >= 0.6 is 0 Å². The molecule has 4 aromatic carbocycles. The predicted molar refractivity (Wildman–Crippen MR) is 510 cm³/mol. The van der Waals surface area contributed by atoms with Crippen LogP contribution in [0.5, 0.6) is 0 Å². The van der Waals surface area contributed by atoms with Gasteiger partial charge in [0, 0.05) is 92.9 Å². The zero-order valence-electron chi connectivity index (χ0n) is 83.0. The summed E-state index contributed by atoms with van der Waals surface area (Å²) in [5.74, 6) is -9.38. The molecule has 9 fully saturated rings. The van der Waals surface area contributed by atoms with E-state index < -0.39 is 53.0 Å².